The largest absolute Gasteiger partial charge is 0.497 e. The summed E-state index contributed by atoms with van der Waals surface area (Å²) in [6.45, 7) is 0.519. The minimum absolute atomic E-state index is 0.124. The summed E-state index contributed by atoms with van der Waals surface area (Å²) in [6.07, 6.45) is 0.547. The van der Waals surface area contributed by atoms with Gasteiger partial charge in [0.05, 0.1) is 19.1 Å². The molecule has 0 saturated carbocycles. The molecule has 0 unspecified atom stereocenters. The van der Waals surface area contributed by atoms with Gasteiger partial charge in [-0.1, -0.05) is 23.7 Å². The van der Waals surface area contributed by atoms with Crippen LogP contribution in [0.1, 0.15) is 12.0 Å². The van der Waals surface area contributed by atoms with E-state index >= 15 is 0 Å². The second-order valence-electron chi connectivity index (χ2n) is 6.88. The summed E-state index contributed by atoms with van der Waals surface area (Å²) in [6, 6.07) is 12.2. The third-order valence-electron chi connectivity index (χ3n) is 4.68. The van der Waals surface area contributed by atoms with E-state index in [1.54, 1.807) is 31.2 Å². The van der Waals surface area contributed by atoms with Gasteiger partial charge >= 0.3 is 0 Å². The fourth-order valence-electron chi connectivity index (χ4n) is 3.20. The Hall–Kier alpha value is -2.45. The molecule has 2 aromatic rings. The Kier molecular flexibility index (Phi) is 6.24. The minimum atomic E-state index is -3.55. The molecule has 1 heterocycles. The lowest BCUT2D eigenvalue weighted by Gasteiger charge is -2.23. The zero-order valence-corrected chi connectivity index (χ0v) is 18.0. The van der Waals surface area contributed by atoms with E-state index in [4.69, 9.17) is 21.1 Å². The highest BCUT2D eigenvalue weighted by molar-refractivity contribution is 7.92. The average molecular weight is 439 g/mol. The Morgan fingerprint density at radius 1 is 1.28 bits per heavy atom. The van der Waals surface area contributed by atoms with Crippen LogP contribution in [0.2, 0.25) is 5.02 Å². The molecule has 9 heteroatoms. The van der Waals surface area contributed by atoms with Gasteiger partial charge < -0.3 is 14.4 Å². The quantitative estimate of drug-likeness (QED) is 0.717. The topological polar surface area (TPSA) is 76.2 Å². The maximum atomic E-state index is 13.0. The second kappa shape index (κ2) is 8.51. The van der Waals surface area contributed by atoms with E-state index in [1.165, 1.54) is 10.4 Å². The van der Waals surface area contributed by atoms with Gasteiger partial charge in [-0.3, -0.25) is 9.10 Å². The van der Waals surface area contributed by atoms with Gasteiger partial charge in [-0.2, -0.15) is 0 Å². The van der Waals surface area contributed by atoms with Crippen LogP contribution in [0.3, 0.4) is 0 Å². The van der Waals surface area contributed by atoms with Gasteiger partial charge in [0.1, 0.15) is 11.5 Å². The highest BCUT2D eigenvalue weighted by atomic mass is 35.5. The molecular weight excluding hydrogens is 416 g/mol. The molecular formula is C20H23ClN2O5S. The molecule has 0 aliphatic carbocycles. The molecule has 29 heavy (non-hydrogen) atoms. The number of carbonyl (C=O) groups excluding carboxylic acids is 1. The van der Waals surface area contributed by atoms with Crippen molar-refractivity contribution >= 4 is 33.2 Å². The number of ether oxygens (including phenoxy) is 2. The van der Waals surface area contributed by atoms with Gasteiger partial charge in [-0.05, 0) is 35.9 Å². The van der Waals surface area contributed by atoms with Crippen LogP contribution >= 0.6 is 11.6 Å². The van der Waals surface area contributed by atoms with Crippen LogP contribution in [-0.2, 0) is 21.4 Å². The third kappa shape index (κ3) is 4.94. The summed E-state index contributed by atoms with van der Waals surface area (Å²) in [5.74, 6) is 0.830. The Balaban J connectivity index is 1.80. The normalized spacial score (nSPS) is 16.4. The first-order valence-electron chi connectivity index (χ1n) is 9.01. The number of rotatable bonds is 5. The summed E-state index contributed by atoms with van der Waals surface area (Å²) in [7, 11) is -0.258. The SMILES string of the molecule is COc1ccc(CN(C)C(=O)[C@@H]2CCN(S(C)(=O)=O)c3cc(Cl)ccc3O2)cc1. The monoisotopic (exact) mass is 438 g/mol. The van der Waals surface area contributed by atoms with Gasteiger partial charge in [-0.15, -0.1) is 0 Å². The molecule has 1 aliphatic heterocycles. The molecule has 0 N–H and O–H groups in total. The molecule has 156 valence electrons. The predicted octanol–water partition coefficient (Wildman–Crippen LogP) is 2.92. The molecule has 0 radical (unpaired) electrons. The van der Waals surface area contributed by atoms with Crippen molar-refractivity contribution in [1.29, 1.82) is 0 Å². The van der Waals surface area contributed by atoms with Crippen LogP contribution in [0.4, 0.5) is 5.69 Å². The van der Waals surface area contributed by atoms with Crippen molar-refractivity contribution in [1.82, 2.24) is 4.90 Å². The third-order valence-corrected chi connectivity index (χ3v) is 6.10. The standard InChI is InChI=1S/C20H23ClN2O5S/c1-22(13-14-4-7-16(27-2)8-5-14)20(24)19-10-11-23(29(3,25)26)17-12-15(21)6-9-18(17)28-19/h4-9,12,19H,10-11,13H2,1-3H3/t19-/m0/s1. The number of amides is 1. The molecule has 1 atom stereocenters. The Bertz CT molecular complexity index is 994. The number of hydrogen-bond donors (Lipinski definition) is 0. The summed E-state index contributed by atoms with van der Waals surface area (Å²) >= 11 is 6.05. The lowest BCUT2D eigenvalue weighted by molar-refractivity contribution is -0.138. The van der Waals surface area contributed by atoms with Crippen LogP contribution in [0.15, 0.2) is 42.5 Å². The van der Waals surface area contributed by atoms with Crippen LogP contribution < -0.4 is 13.8 Å². The molecule has 1 amide bonds. The van der Waals surface area contributed by atoms with Crippen molar-refractivity contribution in [3.8, 4) is 11.5 Å². The fraction of sp³-hybridized carbons (Fsp3) is 0.350. The van der Waals surface area contributed by atoms with E-state index in [0.29, 0.717) is 23.0 Å². The zero-order valence-electron chi connectivity index (χ0n) is 16.5. The second-order valence-corrected chi connectivity index (χ2v) is 9.23. The maximum Gasteiger partial charge on any atom is 0.263 e. The van der Waals surface area contributed by atoms with Gasteiger partial charge in [0, 0.05) is 31.6 Å². The van der Waals surface area contributed by atoms with Crippen molar-refractivity contribution in [2.75, 3.05) is 31.3 Å². The molecule has 0 saturated heterocycles. The number of likely N-dealkylation sites (N-methyl/N-ethyl adjacent to an activating group) is 1. The summed E-state index contributed by atoms with van der Waals surface area (Å²) in [4.78, 5) is 14.6. The summed E-state index contributed by atoms with van der Waals surface area (Å²) in [5.41, 5.74) is 1.29. The molecule has 7 nitrogen and oxygen atoms in total. The van der Waals surface area contributed by atoms with Crippen LogP contribution in [-0.4, -0.2) is 52.3 Å². The number of halogens is 1. The van der Waals surface area contributed by atoms with E-state index in [0.717, 1.165) is 17.6 Å². The number of fused-ring (bicyclic) bond motifs is 1. The molecule has 1 aliphatic rings. The lowest BCUT2D eigenvalue weighted by Crippen LogP contribution is -2.40. The molecule has 3 rings (SSSR count). The molecule has 0 bridgehead atoms. The van der Waals surface area contributed by atoms with Crippen molar-refractivity contribution in [3.63, 3.8) is 0 Å². The number of sulfonamides is 1. The van der Waals surface area contributed by atoms with E-state index in [2.05, 4.69) is 0 Å². The Labute approximate surface area is 175 Å². The van der Waals surface area contributed by atoms with Crippen LogP contribution in [0.25, 0.3) is 0 Å². The molecule has 0 aromatic heterocycles. The highest BCUT2D eigenvalue weighted by Crippen LogP contribution is 2.36. The first kappa shape index (κ1) is 21.3. The van der Waals surface area contributed by atoms with Crippen molar-refractivity contribution in [3.05, 3.63) is 53.1 Å². The predicted molar refractivity (Wildman–Crippen MR) is 112 cm³/mol. The average Bonchev–Trinajstić information content (AvgIpc) is 2.87. The van der Waals surface area contributed by atoms with Gasteiger partial charge in [-0.25, -0.2) is 8.42 Å². The molecule has 0 fully saturated rings. The first-order valence-corrected chi connectivity index (χ1v) is 11.2. The van der Waals surface area contributed by atoms with E-state index in [-0.39, 0.29) is 18.9 Å². The molecule has 2 aromatic carbocycles. The lowest BCUT2D eigenvalue weighted by atomic mass is 10.1. The van der Waals surface area contributed by atoms with Crippen molar-refractivity contribution in [2.24, 2.45) is 0 Å². The van der Waals surface area contributed by atoms with Gasteiger partial charge in [0.25, 0.3) is 5.91 Å². The van der Waals surface area contributed by atoms with Crippen LogP contribution in [0.5, 0.6) is 11.5 Å². The van der Waals surface area contributed by atoms with Crippen molar-refractivity contribution in [2.45, 2.75) is 19.1 Å². The van der Waals surface area contributed by atoms with E-state index < -0.39 is 16.1 Å². The van der Waals surface area contributed by atoms with Gasteiger partial charge in [0.2, 0.25) is 10.0 Å². The van der Waals surface area contributed by atoms with E-state index in [9.17, 15) is 13.2 Å². The van der Waals surface area contributed by atoms with Crippen molar-refractivity contribution < 1.29 is 22.7 Å². The maximum absolute atomic E-state index is 13.0. The van der Waals surface area contributed by atoms with Crippen LogP contribution in [0, 0.1) is 0 Å². The number of hydrogen-bond acceptors (Lipinski definition) is 5. The Morgan fingerprint density at radius 2 is 1.97 bits per heavy atom. The minimum Gasteiger partial charge on any atom is -0.497 e. The number of nitrogens with zero attached hydrogens (tertiary/aromatic N) is 2. The number of methoxy groups -OCH3 is 1. The number of carbonyl (C=O) groups is 1. The number of benzene rings is 2. The summed E-state index contributed by atoms with van der Waals surface area (Å²) < 4.78 is 36.8. The highest BCUT2D eigenvalue weighted by Gasteiger charge is 2.32. The fourth-order valence-corrected chi connectivity index (χ4v) is 4.30. The first-order chi connectivity index (χ1) is 13.7. The Morgan fingerprint density at radius 3 is 2.59 bits per heavy atom. The zero-order chi connectivity index (χ0) is 21.2. The number of anilines is 1. The van der Waals surface area contributed by atoms with Gasteiger partial charge in [0.15, 0.2) is 6.10 Å². The van der Waals surface area contributed by atoms with E-state index in [1.807, 2.05) is 24.3 Å². The molecule has 0 spiro atoms. The summed E-state index contributed by atoms with van der Waals surface area (Å²) in [5, 5.41) is 0.391. The smallest absolute Gasteiger partial charge is 0.263 e.